The van der Waals surface area contributed by atoms with E-state index in [1.54, 1.807) is 23.0 Å². The molecule has 0 saturated heterocycles. The maximum absolute atomic E-state index is 12.6. The topological polar surface area (TPSA) is 82.5 Å². The summed E-state index contributed by atoms with van der Waals surface area (Å²) in [5.41, 5.74) is 1.36. The molecule has 0 unspecified atom stereocenters. The van der Waals surface area contributed by atoms with Crippen LogP contribution in [0.2, 0.25) is 5.02 Å². The van der Waals surface area contributed by atoms with Crippen LogP contribution < -0.4 is 14.2 Å². The molecular formula is C18H18ClN3O4S. The number of ether oxygens (including phenoxy) is 2. The minimum absolute atomic E-state index is 0.0607. The Bertz CT molecular complexity index is 1030. The van der Waals surface area contributed by atoms with Crippen LogP contribution in [0.1, 0.15) is 5.56 Å². The van der Waals surface area contributed by atoms with E-state index in [0.717, 1.165) is 5.56 Å². The standard InChI is InChI=1S/C18H18ClN3O4S/c1-25-17-8-7-16(9-18(17)26-2)27(23,24)21-15-10-20-22(12-15)11-13-3-5-14(19)6-4-13/h3-10,12,21H,11H2,1-2H3. The number of benzene rings is 2. The largest absolute Gasteiger partial charge is 0.493 e. The smallest absolute Gasteiger partial charge is 0.262 e. The number of aromatic nitrogens is 2. The quantitative estimate of drug-likeness (QED) is 0.649. The highest BCUT2D eigenvalue weighted by atomic mass is 35.5. The number of hydrogen-bond donors (Lipinski definition) is 1. The van der Waals surface area contributed by atoms with E-state index in [2.05, 4.69) is 9.82 Å². The van der Waals surface area contributed by atoms with Crippen molar-refractivity contribution in [3.05, 3.63) is 65.4 Å². The maximum atomic E-state index is 12.6. The van der Waals surface area contributed by atoms with Crippen LogP contribution in [0.15, 0.2) is 59.8 Å². The van der Waals surface area contributed by atoms with Crippen molar-refractivity contribution >= 4 is 27.3 Å². The number of sulfonamides is 1. The third-order valence-corrected chi connectivity index (χ3v) is 5.44. The van der Waals surface area contributed by atoms with Gasteiger partial charge in [-0.15, -0.1) is 0 Å². The van der Waals surface area contributed by atoms with Gasteiger partial charge in [0.2, 0.25) is 0 Å². The molecule has 1 aromatic heterocycles. The SMILES string of the molecule is COc1ccc(S(=O)(=O)Nc2cnn(Cc3ccc(Cl)cc3)c2)cc1OC. The first-order chi connectivity index (χ1) is 12.9. The Balaban J connectivity index is 1.76. The van der Waals surface area contributed by atoms with Crippen molar-refractivity contribution in [2.75, 3.05) is 18.9 Å². The molecule has 0 aliphatic carbocycles. The fourth-order valence-electron chi connectivity index (χ4n) is 2.48. The van der Waals surface area contributed by atoms with E-state index in [9.17, 15) is 8.42 Å². The van der Waals surface area contributed by atoms with Crippen molar-refractivity contribution in [1.29, 1.82) is 0 Å². The molecule has 7 nitrogen and oxygen atoms in total. The van der Waals surface area contributed by atoms with Gasteiger partial charge >= 0.3 is 0 Å². The Kier molecular flexibility index (Phi) is 5.57. The van der Waals surface area contributed by atoms with Gasteiger partial charge in [0.15, 0.2) is 11.5 Å². The molecule has 3 aromatic rings. The van der Waals surface area contributed by atoms with Crippen LogP contribution >= 0.6 is 11.6 Å². The summed E-state index contributed by atoms with van der Waals surface area (Å²) in [4.78, 5) is 0.0607. The Morgan fingerprint density at radius 2 is 1.78 bits per heavy atom. The molecule has 1 N–H and O–H groups in total. The zero-order valence-electron chi connectivity index (χ0n) is 14.7. The molecule has 3 rings (SSSR count). The molecule has 2 aromatic carbocycles. The average Bonchev–Trinajstić information content (AvgIpc) is 3.09. The van der Waals surface area contributed by atoms with Gasteiger partial charge in [-0.3, -0.25) is 9.40 Å². The molecule has 9 heteroatoms. The maximum Gasteiger partial charge on any atom is 0.262 e. The van der Waals surface area contributed by atoms with Crippen LogP contribution in [-0.2, 0) is 16.6 Å². The lowest BCUT2D eigenvalue weighted by Crippen LogP contribution is -2.12. The lowest BCUT2D eigenvalue weighted by molar-refractivity contribution is 0.354. The predicted octanol–water partition coefficient (Wildman–Crippen LogP) is 3.40. The lowest BCUT2D eigenvalue weighted by Gasteiger charge is -2.10. The molecule has 0 fully saturated rings. The van der Waals surface area contributed by atoms with Gasteiger partial charge in [0.05, 0.1) is 37.5 Å². The van der Waals surface area contributed by atoms with Gasteiger partial charge in [-0.25, -0.2) is 8.42 Å². The molecule has 0 aliphatic rings. The van der Waals surface area contributed by atoms with Crippen LogP contribution in [-0.4, -0.2) is 32.4 Å². The second-order valence-electron chi connectivity index (χ2n) is 5.68. The molecule has 27 heavy (non-hydrogen) atoms. The van der Waals surface area contributed by atoms with E-state index in [1.807, 2.05) is 12.1 Å². The van der Waals surface area contributed by atoms with Gasteiger partial charge in [0.1, 0.15) is 0 Å². The van der Waals surface area contributed by atoms with Gasteiger partial charge in [-0.1, -0.05) is 23.7 Å². The number of methoxy groups -OCH3 is 2. The van der Waals surface area contributed by atoms with Crippen molar-refractivity contribution in [3.63, 3.8) is 0 Å². The first-order valence-electron chi connectivity index (χ1n) is 7.93. The van der Waals surface area contributed by atoms with Gasteiger partial charge in [-0.2, -0.15) is 5.10 Å². The van der Waals surface area contributed by atoms with Crippen LogP contribution in [0.4, 0.5) is 5.69 Å². The van der Waals surface area contributed by atoms with Crippen LogP contribution in [0.3, 0.4) is 0 Å². The van der Waals surface area contributed by atoms with E-state index in [-0.39, 0.29) is 4.90 Å². The molecule has 0 bridgehead atoms. The van der Waals surface area contributed by atoms with Crippen molar-refractivity contribution < 1.29 is 17.9 Å². The normalized spacial score (nSPS) is 11.2. The summed E-state index contributed by atoms with van der Waals surface area (Å²) < 4.78 is 39.7. The van der Waals surface area contributed by atoms with Crippen molar-refractivity contribution in [1.82, 2.24) is 9.78 Å². The predicted molar refractivity (Wildman–Crippen MR) is 103 cm³/mol. The van der Waals surface area contributed by atoms with Gasteiger partial charge in [-0.05, 0) is 29.8 Å². The van der Waals surface area contributed by atoms with Gasteiger partial charge < -0.3 is 9.47 Å². The highest BCUT2D eigenvalue weighted by Gasteiger charge is 2.18. The monoisotopic (exact) mass is 407 g/mol. The highest BCUT2D eigenvalue weighted by Crippen LogP contribution is 2.30. The lowest BCUT2D eigenvalue weighted by atomic mass is 10.2. The van der Waals surface area contributed by atoms with Crippen molar-refractivity contribution in [2.45, 2.75) is 11.4 Å². The zero-order valence-corrected chi connectivity index (χ0v) is 16.3. The minimum Gasteiger partial charge on any atom is -0.493 e. The zero-order chi connectivity index (χ0) is 19.4. The minimum atomic E-state index is -3.79. The number of anilines is 1. The second kappa shape index (κ2) is 7.89. The highest BCUT2D eigenvalue weighted by molar-refractivity contribution is 7.92. The van der Waals surface area contributed by atoms with Crippen LogP contribution in [0.5, 0.6) is 11.5 Å². The summed E-state index contributed by atoms with van der Waals surface area (Å²) in [6, 6.07) is 11.7. The van der Waals surface area contributed by atoms with E-state index >= 15 is 0 Å². The molecule has 0 radical (unpaired) electrons. The van der Waals surface area contributed by atoms with Gasteiger partial charge in [0.25, 0.3) is 10.0 Å². The third kappa shape index (κ3) is 4.53. The summed E-state index contributed by atoms with van der Waals surface area (Å²) in [6.45, 7) is 0.495. The first kappa shape index (κ1) is 19.1. The van der Waals surface area contributed by atoms with E-state index in [1.165, 1.54) is 38.6 Å². The number of halogens is 1. The number of nitrogens with one attached hydrogen (secondary N) is 1. The fraction of sp³-hybridized carbons (Fsp3) is 0.167. The summed E-state index contributed by atoms with van der Waals surface area (Å²) in [5.74, 6) is 0.783. The van der Waals surface area contributed by atoms with Gasteiger partial charge in [0, 0.05) is 17.3 Å². The summed E-state index contributed by atoms with van der Waals surface area (Å²) in [7, 11) is -0.860. The van der Waals surface area contributed by atoms with Crippen LogP contribution in [0, 0.1) is 0 Å². The Morgan fingerprint density at radius 3 is 2.44 bits per heavy atom. The third-order valence-electron chi connectivity index (χ3n) is 3.81. The molecule has 0 amide bonds. The van der Waals surface area contributed by atoms with E-state index in [0.29, 0.717) is 28.8 Å². The molecule has 0 atom stereocenters. The van der Waals surface area contributed by atoms with Crippen molar-refractivity contribution in [3.8, 4) is 11.5 Å². The molecule has 0 aliphatic heterocycles. The molecule has 1 heterocycles. The van der Waals surface area contributed by atoms with E-state index < -0.39 is 10.0 Å². The molecular weight excluding hydrogens is 390 g/mol. The summed E-state index contributed by atoms with van der Waals surface area (Å²) in [5, 5.41) is 4.84. The molecule has 142 valence electrons. The number of nitrogens with zero attached hydrogens (tertiary/aromatic N) is 2. The van der Waals surface area contributed by atoms with E-state index in [4.69, 9.17) is 21.1 Å². The summed E-state index contributed by atoms with van der Waals surface area (Å²) in [6.07, 6.45) is 3.07. The van der Waals surface area contributed by atoms with Crippen molar-refractivity contribution in [2.24, 2.45) is 0 Å². The number of rotatable bonds is 7. The number of hydrogen-bond acceptors (Lipinski definition) is 5. The Labute approximate surface area is 162 Å². The second-order valence-corrected chi connectivity index (χ2v) is 7.79. The molecule has 0 spiro atoms. The Hall–Kier alpha value is -2.71. The average molecular weight is 408 g/mol. The Morgan fingerprint density at radius 1 is 1.07 bits per heavy atom. The molecule has 0 saturated carbocycles. The first-order valence-corrected chi connectivity index (χ1v) is 9.79. The fourth-order valence-corrected chi connectivity index (χ4v) is 3.65. The van der Waals surface area contributed by atoms with Crippen LogP contribution in [0.25, 0.3) is 0 Å². The summed E-state index contributed by atoms with van der Waals surface area (Å²) >= 11 is 5.87.